The van der Waals surface area contributed by atoms with E-state index >= 15 is 0 Å². The maximum atomic E-state index is 5.66. The summed E-state index contributed by atoms with van der Waals surface area (Å²) in [4.78, 5) is 8.23. The first-order valence-corrected chi connectivity index (χ1v) is 6.01. The van der Waals surface area contributed by atoms with E-state index in [0.29, 0.717) is 24.1 Å². The zero-order valence-electron chi connectivity index (χ0n) is 11.4. The number of aromatic nitrogens is 2. The Bertz CT molecular complexity index is 360. The summed E-state index contributed by atoms with van der Waals surface area (Å²) in [5, 5.41) is 3.17. The van der Waals surface area contributed by atoms with Crippen LogP contribution in [0.25, 0.3) is 0 Å². The highest BCUT2D eigenvalue weighted by molar-refractivity contribution is 5.55. The molecule has 1 rings (SSSR count). The molecule has 1 unspecified atom stereocenters. The van der Waals surface area contributed by atoms with E-state index in [1.165, 1.54) is 6.33 Å². The number of hydrogen-bond donors (Lipinski definition) is 1. The average Bonchev–Trinajstić information content (AvgIpc) is 2.36. The third-order valence-corrected chi connectivity index (χ3v) is 2.23. The van der Waals surface area contributed by atoms with Crippen molar-refractivity contribution in [1.29, 1.82) is 0 Å². The van der Waals surface area contributed by atoms with Crippen molar-refractivity contribution in [2.24, 2.45) is 0 Å². The Balaban J connectivity index is 2.83. The van der Waals surface area contributed by atoms with Crippen molar-refractivity contribution in [1.82, 2.24) is 9.97 Å². The highest BCUT2D eigenvalue weighted by atomic mass is 16.5. The molecule has 1 heterocycles. The van der Waals surface area contributed by atoms with Gasteiger partial charge in [0.15, 0.2) is 5.82 Å². The van der Waals surface area contributed by atoms with Crippen LogP contribution in [0.5, 0.6) is 11.6 Å². The van der Waals surface area contributed by atoms with E-state index in [9.17, 15) is 0 Å². The second-order valence-corrected chi connectivity index (χ2v) is 3.87. The van der Waals surface area contributed by atoms with E-state index < -0.39 is 0 Å². The standard InChI is InChI=1S/C12H21N3O3/c1-5-6-13-11-10(17-4)12(15-8-14-11)18-9(2)7-16-3/h8-9H,5-7H2,1-4H3,(H,13,14,15). The molecule has 0 amide bonds. The Kier molecular flexibility index (Phi) is 6.21. The molecule has 0 aromatic carbocycles. The van der Waals surface area contributed by atoms with Crippen LogP contribution < -0.4 is 14.8 Å². The van der Waals surface area contributed by atoms with Crippen molar-refractivity contribution in [3.8, 4) is 11.6 Å². The predicted molar refractivity (Wildman–Crippen MR) is 69.3 cm³/mol. The van der Waals surface area contributed by atoms with Gasteiger partial charge in [0.05, 0.1) is 13.7 Å². The van der Waals surface area contributed by atoms with Gasteiger partial charge < -0.3 is 19.5 Å². The molecular formula is C12H21N3O3. The molecule has 1 aromatic rings. The van der Waals surface area contributed by atoms with E-state index in [1.54, 1.807) is 14.2 Å². The minimum atomic E-state index is -0.0992. The van der Waals surface area contributed by atoms with E-state index in [1.807, 2.05) is 6.92 Å². The van der Waals surface area contributed by atoms with Gasteiger partial charge in [0.2, 0.25) is 5.75 Å². The smallest absolute Gasteiger partial charge is 0.262 e. The summed E-state index contributed by atoms with van der Waals surface area (Å²) in [6.45, 7) is 5.30. The van der Waals surface area contributed by atoms with E-state index in [2.05, 4.69) is 22.2 Å². The van der Waals surface area contributed by atoms with Crippen LogP contribution in [-0.2, 0) is 4.74 Å². The Morgan fingerprint density at radius 3 is 2.72 bits per heavy atom. The molecule has 18 heavy (non-hydrogen) atoms. The summed E-state index contributed by atoms with van der Waals surface area (Å²) in [6.07, 6.45) is 2.36. The Morgan fingerprint density at radius 1 is 1.33 bits per heavy atom. The van der Waals surface area contributed by atoms with Gasteiger partial charge in [-0.25, -0.2) is 4.98 Å². The number of nitrogens with one attached hydrogen (secondary N) is 1. The monoisotopic (exact) mass is 255 g/mol. The fourth-order valence-corrected chi connectivity index (χ4v) is 1.45. The lowest BCUT2D eigenvalue weighted by Crippen LogP contribution is -2.19. The molecule has 1 atom stereocenters. The van der Waals surface area contributed by atoms with Gasteiger partial charge >= 0.3 is 0 Å². The molecule has 0 aliphatic heterocycles. The summed E-state index contributed by atoms with van der Waals surface area (Å²) in [5.74, 6) is 1.60. The second kappa shape index (κ2) is 7.71. The average molecular weight is 255 g/mol. The van der Waals surface area contributed by atoms with Crippen LogP contribution in [0, 0.1) is 0 Å². The molecule has 0 bridgehead atoms. The van der Waals surface area contributed by atoms with Crippen LogP contribution in [0.3, 0.4) is 0 Å². The van der Waals surface area contributed by atoms with Crippen molar-refractivity contribution >= 4 is 5.82 Å². The van der Waals surface area contributed by atoms with E-state index in [0.717, 1.165) is 13.0 Å². The highest BCUT2D eigenvalue weighted by Crippen LogP contribution is 2.31. The molecule has 0 aliphatic rings. The van der Waals surface area contributed by atoms with Crippen LogP contribution in [0.15, 0.2) is 6.33 Å². The second-order valence-electron chi connectivity index (χ2n) is 3.87. The lowest BCUT2D eigenvalue weighted by Gasteiger charge is -2.16. The first-order valence-electron chi connectivity index (χ1n) is 6.01. The first kappa shape index (κ1) is 14.5. The van der Waals surface area contributed by atoms with Gasteiger partial charge in [-0.3, -0.25) is 0 Å². The van der Waals surface area contributed by atoms with E-state index in [4.69, 9.17) is 14.2 Å². The Hall–Kier alpha value is -1.56. The minimum absolute atomic E-state index is 0.0992. The van der Waals surface area contributed by atoms with Gasteiger partial charge in [-0.05, 0) is 13.3 Å². The van der Waals surface area contributed by atoms with Crippen LogP contribution >= 0.6 is 0 Å². The minimum Gasteiger partial charge on any atom is -0.489 e. The number of rotatable bonds is 8. The quantitative estimate of drug-likeness (QED) is 0.763. The van der Waals surface area contributed by atoms with Crippen LogP contribution in [0.4, 0.5) is 5.82 Å². The van der Waals surface area contributed by atoms with Crippen LogP contribution in [0.1, 0.15) is 20.3 Å². The Labute approximate surface area is 108 Å². The maximum Gasteiger partial charge on any atom is 0.262 e. The predicted octanol–water partition coefficient (Wildman–Crippen LogP) is 1.72. The van der Waals surface area contributed by atoms with Crippen molar-refractivity contribution in [3.05, 3.63) is 6.33 Å². The van der Waals surface area contributed by atoms with Crippen molar-refractivity contribution in [2.45, 2.75) is 26.4 Å². The number of nitrogens with zero attached hydrogens (tertiary/aromatic N) is 2. The summed E-state index contributed by atoms with van der Waals surface area (Å²) >= 11 is 0. The van der Waals surface area contributed by atoms with E-state index in [-0.39, 0.29) is 6.10 Å². The van der Waals surface area contributed by atoms with Gasteiger partial charge in [-0.2, -0.15) is 4.98 Å². The fourth-order valence-electron chi connectivity index (χ4n) is 1.45. The molecule has 1 N–H and O–H groups in total. The molecule has 6 heteroatoms. The number of anilines is 1. The van der Waals surface area contributed by atoms with Gasteiger partial charge in [-0.15, -0.1) is 0 Å². The zero-order chi connectivity index (χ0) is 13.4. The summed E-state index contributed by atoms with van der Waals surface area (Å²) in [7, 11) is 3.20. The fraction of sp³-hybridized carbons (Fsp3) is 0.667. The Morgan fingerprint density at radius 2 is 2.11 bits per heavy atom. The zero-order valence-corrected chi connectivity index (χ0v) is 11.4. The SMILES string of the molecule is CCCNc1ncnc(OC(C)COC)c1OC. The normalized spacial score (nSPS) is 12.0. The topological polar surface area (TPSA) is 65.5 Å². The number of ether oxygens (including phenoxy) is 3. The van der Waals surface area contributed by atoms with Gasteiger partial charge in [0.1, 0.15) is 12.4 Å². The third-order valence-electron chi connectivity index (χ3n) is 2.23. The van der Waals surface area contributed by atoms with Crippen LogP contribution in [0.2, 0.25) is 0 Å². The van der Waals surface area contributed by atoms with Crippen molar-refractivity contribution in [2.75, 3.05) is 32.7 Å². The third kappa shape index (κ3) is 4.03. The van der Waals surface area contributed by atoms with Gasteiger partial charge in [0.25, 0.3) is 5.88 Å². The summed E-state index contributed by atoms with van der Waals surface area (Å²) in [6, 6.07) is 0. The van der Waals surface area contributed by atoms with Crippen LogP contribution in [-0.4, -0.2) is 43.4 Å². The number of methoxy groups -OCH3 is 2. The molecule has 0 fully saturated rings. The largest absolute Gasteiger partial charge is 0.489 e. The molecule has 0 radical (unpaired) electrons. The molecule has 0 saturated carbocycles. The van der Waals surface area contributed by atoms with Crippen molar-refractivity contribution in [3.63, 3.8) is 0 Å². The van der Waals surface area contributed by atoms with Crippen molar-refractivity contribution < 1.29 is 14.2 Å². The first-order chi connectivity index (χ1) is 8.72. The van der Waals surface area contributed by atoms with Gasteiger partial charge in [-0.1, -0.05) is 6.92 Å². The maximum absolute atomic E-state index is 5.66. The molecule has 0 spiro atoms. The number of hydrogen-bond acceptors (Lipinski definition) is 6. The molecule has 0 saturated heterocycles. The summed E-state index contributed by atoms with van der Waals surface area (Å²) < 4.78 is 16.0. The highest BCUT2D eigenvalue weighted by Gasteiger charge is 2.15. The lowest BCUT2D eigenvalue weighted by molar-refractivity contribution is 0.0866. The lowest BCUT2D eigenvalue weighted by atomic mass is 10.4. The molecule has 102 valence electrons. The molecule has 6 nitrogen and oxygen atoms in total. The molecule has 1 aromatic heterocycles. The summed E-state index contributed by atoms with van der Waals surface area (Å²) in [5.41, 5.74) is 0. The van der Waals surface area contributed by atoms with Gasteiger partial charge in [0, 0.05) is 13.7 Å². The molecular weight excluding hydrogens is 234 g/mol. The molecule has 0 aliphatic carbocycles.